The molecule has 1 aliphatic heterocycles. The molecule has 27 heavy (non-hydrogen) atoms. The molecule has 0 N–H and O–H groups in total. The third kappa shape index (κ3) is 3.05. The molecule has 138 valence electrons. The number of imidazole rings is 1. The molecule has 0 unspecified atom stereocenters. The average Bonchev–Trinajstić information content (AvgIpc) is 3.42. The number of halogens is 1. The number of rotatable bonds is 5. The second-order valence-electron chi connectivity index (χ2n) is 7.29. The highest BCUT2D eigenvalue weighted by Crippen LogP contribution is 2.40. The van der Waals surface area contributed by atoms with Crippen LogP contribution >= 0.6 is 0 Å². The summed E-state index contributed by atoms with van der Waals surface area (Å²) in [5.41, 5.74) is 1.95. The molecule has 6 heteroatoms. The van der Waals surface area contributed by atoms with E-state index in [2.05, 4.69) is 4.57 Å². The highest BCUT2D eigenvalue weighted by atomic mass is 19.1. The first-order chi connectivity index (χ1) is 13.2. The average molecular weight is 365 g/mol. The van der Waals surface area contributed by atoms with Crippen LogP contribution in [-0.4, -0.2) is 39.6 Å². The van der Waals surface area contributed by atoms with Crippen LogP contribution in [0.15, 0.2) is 48.5 Å². The number of hydrogen-bond donors (Lipinski definition) is 0. The van der Waals surface area contributed by atoms with Gasteiger partial charge in [0.25, 0.3) is 0 Å². The van der Waals surface area contributed by atoms with Crippen molar-refractivity contribution in [1.82, 2.24) is 14.5 Å². The number of carbonyl (C=O) groups excluding carboxylic acids is 1. The van der Waals surface area contributed by atoms with Gasteiger partial charge in [0, 0.05) is 5.92 Å². The van der Waals surface area contributed by atoms with Gasteiger partial charge in [0.2, 0.25) is 5.91 Å². The number of aromatic nitrogens is 2. The number of fused-ring (bicyclic) bond motifs is 1. The lowest BCUT2D eigenvalue weighted by Gasteiger charge is -2.39. The summed E-state index contributed by atoms with van der Waals surface area (Å²) in [4.78, 5) is 19.2. The number of nitrogens with zero attached hydrogens (tertiary/aromatic N) is 3. The summed E-state index contributed by atoms with van der Waals surface area (Å²) in [6.45, 7) is 1.26. The van der Waals surface area contributed by atoms with Gasteiger partial charge >= 0.3 is 0 Å². The Labute approximate surface area is 156 Å². The van der Waals surface area contributed by atoms with Crippen LogP contribution in [0.25, 0.3) is 11.0 Å². The molecule has 0 spiro atoms. The molecule has 1 saturated heterocycles. The first-order valence-corrected chi connectivity index (χ1v) is 9.33. The molecule has 1 amide bonds. The number of hydrogen-bond acceptors (Lipinski definition) is 3. The lowest BCUT2D eigenvalue weighted by molar-refractivity contribution is -0.140. The Morgan fingerprint density at radius 2 is 1.85 bits per heavy atom. The van der Waals surface area contributed by atoms with Crippen LogP contribution < -0.4 is 4.74 Å². The summed E-state index contributed by atoms with van der Waals surface area (Å²) in [6, 6.07) is 14.3. The van der Waals surface area contributed by atoms with Gasteiger partial charge in [0.1, 0.15) is 18.5 Å². The maximum Gasteiger partial charge on any atom is 0.242 e. The molecular formula is C21H20FN3O2. The van der Waals surface area contributed by atoms with Gasteiger partial charge < -0.3 is 14.2 Å². The fraction of sp³-hybridized carbons (Fsp3) is 0.333. The molecule has 1 saturated carbocycles. The van der Waals surface area contributed by atoms with Crippen molar-refractivity contribution in [2.75, 3.05) is 13.1 Å². The van der Waals surface area contributed by atoms with Crippen molar-refractivity contribution in [2.45, 2.75) is 31.4 Å². The number of likely N-dealkylation sites (tertiary alicyclic amines) is 1. The van der Waals surface area contributed by atoms with Crippen LogP contribution in [0.2, 0.25) is 0 Å². The van der Waals surface area contributed by atoms with Crippen LogP contribution in [0.5, 0.6) is 5.75 Å². The second-order valence-corrected chi connectivity index (χ2v) is 7.29. The zero-order valence-corrected chi connectivity index (χ0v) is 14.8. The zero-order chi connectivity index (χ0) is 18.4. The van der Waals surface area contributed by atoms with Gasteiger partial charge in [0.15, 0.2) is 11.6 Å². The number of ether oxygens (including phenoxy) is 1. The number of benzene rings is 2. The first-order valence-electron chi connectivity index (χ1n) is 9.33. The number of para-hydroxylation sites is 3. The maximum atomic E-state index is 13.7. The normalized spacial score (nSPS) is 17.1. The molecule has 0 bridgehead atoms. The Morgan fingerprint density at radius 3 is 2.63 bits per heavy atom. The summed E-state index contributed by atoms with van der Waals surface area (Å²) < 4.78 is 21.4. The zero-order valence-electron chi connectivity index (χ0n) is 14.8. The Morgan fingerprint density at radius 1 is 1.11 bits per heavy atom. The Kier molecular flexibility index (Phi) is 3.85. The van der Waals surface area contributed by atoms with Crippen LogP contribution in [0.4, 0.5) is 4.39 Å². The highest BCUT2D eigenvalue weighted by Gasteiger charge is 2.35. The second kappa shape index (κ2) is 6.37. The largest absolute Gasteiger partial charge is 0.484 e. The van der Waals surface area contributed by atoms with Crippen molar-refractivity contribution in [3.63, 3.8) is 0 Å². The van der Waals surface area contributed by atoms with Crippen LogP contribution in [0.3, 0.4) is 0 Å². The first kappa shape index (κ1) is 16.3. The molecule has 2 fully saturated rings. The molecule has 2 aliphatic rings. The van der Waals surface area contributed by atoms with E-state index in [1.165, 1.54) is 6.07 Å². The standard InChI is InChI=1S/C21H20FN3O2/c22-16-5-1-4-8-19(16)27-15-11-24(12-15)20(26)13-25-18-7-3-2-6-17(18)23-21(25)14-9-10-14/h1-8,14-15H,9-13H2. The smallest absolute Gasteiger partial charge is 0.242 e. The van der Waals surface area contributed by atoms with E-state index in [1.807, 2.05) is 24.3 Å². The van der Waals surface area contributed by atoms with Gasteiger partial charge in [0.05, 0.1) is 24.1 Å². The lowest BCUT2D eigenvalue weighted by atomic mass is 10.1. The number of amides is 1. The molecule has 0 atom stereocenters. The van der Waals surface area contributed by atoms with Crippen molar-refractivity contribution in [3.8, 4) is 5.75 Å². The van der Waals surface area contributed by atoms with Crippen molar-refractivity contribution in [3.05, 3.63) is 60.2 Å². The predicted octanol–water partition coefficient (Wildman–Crippen LogP) is 3.34. The van der Waals surface area contributed by atoms with E-state index < -0.39 is 0 Å². The topological polar surface area (TPSA) is 47.4 Å². The van der Waals surface area contributed by atoms with Gasteiger partial charge in [-0.05, 0) is 37.1 Å². The van der Waals surface area contributed by atoms with E-state index in [4.69, 9.17) is 9.72 Å². The fourth-order valence-corrected chi connectivity index (χ4v) is 3.58. The van der Waals surface area contributed by atoms with Crippen molar-refractivity contribution in [1.29, 1.82) is 0 Å². The van der Waals surface area contributed by atoms with Crippen molar-refractivity contribution in [2.24, 2.45) is 0 Å². The fourth-order valence-electron chi connectivity index (χ4n) is 3.58. The summed E-state index contributed by atoms with van der Waals surface area (Å²) in [6.07, 6.45) is 2.12. The van der Waals surface area contributed by atoms with Crippen LogP contribution in [0.1, 0.15) is 24.6 Å². The molecule has 1 aromatic heterocycles. The van der Waals surface area contributed by atoms with Crippen molar-refractivity contribution < 1.29 is 13.9 Å². The van der Waals surface area contributed by atoms with E-state index in [-0.39, 0.29) is 23.6 Å². The highest BCUT2D eigenvalue weighted by molar-refractivity contribution is 5.82. The van der Waals surface area contributed by atoms with E-state index in [0.717, 1.165) is 29.7 Å². The number of carbonyl (C=O) groups is 1. The van der Waals surface area contributed by atoms with E-state index in [9.17, 15) is 9.18 Å². The van der Waals surface area contributed by atoms with Crippen molar-refractivity contribution >= 4 is 16.9 Å². The molecule has 5 nitrogen and oxygen atoms in total. The van der Waals surface area contributed by atoms with Gasteiger partial charge in [-0.3, -0.25) is 4.79 Å². The van der Waals surface area contributed by atoms with Crippen LogP contribution in [0, 0.1) is 5.82 Å². The van der Waals surface area contributed by atoms with Gasteiger partial charge in [-0.15, -0.1) is 0 Å². The van der Waals surface area contributed by atoms with E-state index >= 15 is 0 Å². The summed E-state index contributed by atoms with van der Waals surface area (Å²) in [5.74, 6) is 1.41. The molecule has 2 heterocycles. The quantitative estimate of drug-likeness (QED) is 0.697. The third-order valence-electron chi connectivity index (χ3n) is 5.25. The minimum atomic E-state index is -0.374. The van der Waals surface area contributed by atoms with E-state index in [1.54, 1.807) is 23.1 Å². The molecule has 3 aromatic rings. The predicted molar refractivity (Wildman–Crippen MR) is 99.1 cm³/mol. The SMILES string of the molecule is O=C(Cn1c(C2CC2)nc2ccccc21)N1CC(Oc2ccccc2F)C1. The third-order valence-corrected chi connectivity index (χ3v) is 5.25. The van der Waals surface area contributed by atoms with Gasteiger partial charge in [-0.1, -0.05) is 24.3 Å². The molecule has 0 radical (unpaired) electrons. The minimum Gasteiger partial charge on any atom is -0.484 e. The summed E-state index contributed by atoms with van der Waals surface area (Å²) >= 11 is 0. The monoisotopic (exact) mass is 365 g/mol. The maximum absolute atomic E-state index is 13.7. The minimum absolute atomic E-state index is 0.0495. The Hall–Kier alpha value is -2.89. The van der Waals surface area contributed by atoms with Crippen LogP contribution in [-0.2, 0) is 11.3 Å². The Balaban J connectivity index is 1.27. The van der Waals surface area contributed by atoms with Gasteiger partial charge in [-0.2, -0.15) is 0 Å². The van der Waals surface area contributed by atoms with Gasteiger partial charge in [-0.25, -0.2) is 9.37 Å². The summed E-state index contributed by atoms with van der Waals surface area (Å²) in [5, 5.41) is 0. The molecule has 1 aliphatic carbocycles. The van der Waals surface area contributed by atoms with E-state index in [0.29, 0.717) is 25.6 Å². The molecular weight excluding hydrogens is 345 g/mol. The molecule has 2 aromatic carbocycles. The lowest BCUT2D eigenvalue weighted by Crippen LogP contribution is -2.57. The Bertz CT molecular complexity index is 1010. The summed E-state index contributed by atoms with van der Waals surface area (Å²) in [7, 11) is 0. The molecule has 5 rings (SSSR count).